The predicted molar refractivity (Wildman–Crippen MR) is 210 cm³/mol. The zero-order valence-electron chi connectivity index (χ0n) is 33.0. The Morgan fingerprint density at radius 1 is 0.434 bits per heavy atom. The maximum atomic E-state index is 12.1. The van der Waals surface area contributed by atoms with Gasteiger partial charge in [-0.1, -0.05) is 156 Å². The van der Waals surface area contributed by atoms with Crippen LogP contribution in [-0.4, -0.2) is 20.4 Å². The van der Waals surface area contributed by atoms with Crippen LogP contribution in [0.15, 0.2) is 94.5 Å². The molecule has 0 spiro atoms. The molecule has 278 valence electrons. The minimum absolute atomic E-state index is 0. The van der Waals surface area contributed by atoms with Crippen LogP contribution < -0.4 is 35.9 Å². The van der Waals surface area contributed by atoms with Crippen molar-refractivity contribution in [3.05, 3.63) is 128 Å². The Kier molecular flexibility index (Phi) is 14.7. The fourth-order valence-electron chi connectivity index (χ4n) is 6.32. The van der Waals surface area contributed by atoms with Gasteiger partial charge >= 0.3 is 26.2 Å². The molecule has 9 heteroatoms. The van der Waals surface area contributed by atoms with Gasteiger partial charge in [-0.3, -0.25) is 9.59 Å². The van der Waals surface area contributed by atoms with Gasteiger partial charge < -0.3 is 24.8 Å². The van der Waals surface area contributed by atoms with Crippen LogP contribution in [0.25, 0.3) is 44.1 Å². The first-order valence-electron chi connectivity index (χ1n) is 17.4. The molecule has 0 saturated carbocycles. The van der Waals surface area contributed by atoms with Gasteiger partial charge in [-0.05, 0) is 56.0 Å². The first-order chi connectivity index (χ1) is 23.2. The van der Waals surface area contributed by atoms with Gasteiger partial charge in [0.2, 0.25) is 0 Å². The Morgan fingerprint density at radius 3 is 1.02 bits per heavy atom. The van der Waals surface area contributed by atoms with Crippen molar-refractivity contribution in [1.29, 1.82) is 0 Å². The van der Waals surface area contributed by atoms with Crippen molar-refractivity contribution < 1.29 is 51.0 Å². The van der Waals surface area contributed by atoms with E-state index in [0.29, 0.717) is 10.8 Å². The average molecular weight is 831 g/mol. The number of rotatable bonds is 2. The van der Waals surface area contributed by atoms with Gasteiger partial charge in [0.1, 0.15) is 0 Å². The summed E-state index contributed by atoms with van der Waals surface area (Å²) < 4.78 is 0. The summed E-state index contributed by atoms with van der Waals surface area (Å²) in [6.07, 6.45) is 0. The van der Waals surface area contributed by atoms with E-state index in [-0.39, 0.29) is 83.8 Å². The molecular weight excluding hydrogens is 779 g/mol. The van der Waals surface area contributed by atoms with Crippen molar-refractivity contribution in [2.75, 3.05) is 0 Å². The molecule has 6 nitrogen and oxygen atoms in total. The second-order valence-corrected chi connectivity index (χ2v) is 17.4. The molecule has 0 fully saturated rings. The van der Waals surface area contributed by atoms with Gasteiger partial charge in [0.25, 0.3) is 11.1 Å². The zero-order chi connectivity index (χ0) is 36.8. The van der Waals surface area contributed by atoms with Gasteiger partial charge in [-0.25, -0.2) is 10.2 Å². The first-order valence-corrected chi connectivity index (χ1v) is 17.4. The van der Waals surface area contributed by atoms with Crippen LogP contribution in [0.3, 0.4) is 0 Å². The summed E-state index contributed by atoms with van der Waals surface area (Å²) in [5, 5.41) is 17.3. The van der Waals surface area contributed by atoms with Gasteiger partial charge in [0.05, 0.1) is 22.2 Å². The van der Waals surface area contributed by atoms with Crippen LogP contribution in [0.5, 0.6) is 0 Å². The van der Waals surface area contributed by atoms with Crippen molar-refractivity contribution in [1.82, 2.24) is 20.4 Å². The molecule has 2 N–H and O–H groups in total. The van der Waals surface area contributed by atoms with Gasteiger partial charge in [-0.2, -0.15) is 10.2 Å². The van der Waals surface area contributed by atoms with E-state index in [9.17, 15) is 9.59 Å². The van der Waals surface area contributed by atoms with E-state index in [1.165, 1.54) is 22.3 Å². The summed E-state index contributed by atoms with van der Waals surface area (Å²) in [6.45, 7) is 26.6. The minimum atomic E-state index is -0.150. The molecule has 0 aliphatic heterocycles. The molecule has 4 aromatic carbocycles. The SMILES string of the molecule is CC(C)(C)c1ccc(-c2n[nH]c(=O)c3ccccc23)c(C(C)(C)C)c1.CC(C)(C)c1ccc(-c2n[nH]c(=O)c3ccccc23)c(C(C)(C)C)c1.[Cl-].[Cl-].[Zr+2]. The summed E-state index contributed by atoms with van der Waals surface area (Å²) in [6, 6.07) is 28.5. The summed E-state index contributed by atoms with van der Waals surface area (Å²) in [5.74, 6) is 0. The maximum Gasteiger partial charge on any atom is 2.00 e. The van der Waals surface area contributed by atoms with E-state index < -0.39 is 0 Å². The van der Waals surface area contributed by atoms with E-state index >= 15 is 0 Å². The Balaban J connectivity index is 0.000000347. The number of hydrogen-bond donors (Lipinski definition) is 2. The van der Waals surface area contributed by atoms with Crippen LogP contribution in [0.4, 0.5) is 0 Å². The zero-order valence-corrected chi connectivity index (χ0v) is 37.0. The molecule has 0 bridgehead atoms. The molecule has 0 aliphatic rings. The third-order valence-electron chi connectivity index (χ3n) is 9.29. The summed E-state index contributed by atoms with van der Waals surface area (Å²) >= 11 is 0. The second kappa shape index (κ2) is 17.0. The Morgan fingerprint density at radius 2 is 0.736 bits per heavy atom. The number of nitrogens with one attached hydrogen (secondary N) is 2. The standard InChI is InChI=1S/2C22H26N2O.2ClH.Zr/c2*1-21(2,3)14-11-12-17(18(13-14)22(4,5)6)19-15-9-7-8-10-16(15)20(25)24-23-19;;;/h2*7-13H,1-6H3,(H,24,25);2*1H;/q;;;;+2/p-2. The molecule has 0 aliphatic carbocycles. The van der Waals surface area contributed by atoms with Crippen LogP contribution >= 0.6 is 0 Å². The van der Waals surface area contributed by atoms with Gasteiger partial charge in [-0.15, -0.1) is 0 Å². The van der Waals surface area contributed by atoms with E-state index in [0.717, 1.165) is 33.3 Å². The van der Waals surface area contributed by atoms with Crippen LogP contribution in [-0.2, 0) is 47.9 Å². The largest absolute Gasteiger partial charge is 2.00 e. The number of benzene rings is 4. The number of halogens is 2. The smallest absolute Gasteiger partial charge is 1.00 e. The Hall–Kier alpha value is -3.38. The molecule has 53 heavy (non-hydrogen) atoms. The third kappa shape index (κ3) is 10.0. The summed E-state index contributed by atoms with van der Waals surface area (Å²) in [7, 11) is 0. The van der Waals surface area contributed by atoms with Crippen molar-refractivity contribution in [2.45, 2.75) is 105 Å². The molecular formula is C44H52Cl2N4O2Zr. The molecule has 6 aromatic rings. The molecule has 0 amide bonds. The number of aromatic nitrogens is 4. The number of H-pyrrole nitrogens is 2. The van der Waals surface area contributed by atoms with Crippen molar-refractivity contribution in [3.8, 4) is 22.5 Å². The summed E-state index contributed by atoms with van der Waals surface area (Å²) in [5.41, 5.74) is 8.70. The van der Waals surface area contributed by atoms with Crippen molar-refractivity contribution in [3.63, 3.8) is 0 Å². The van der Waals surface area contributed by atoms with Crippen LogP contribution in [0.1, 0.15) is 105 Å². The normalized spacial score (nSPS) is 11.8. The van der Waals surface area contributed by atoms with Crippen molar-refractivity contribution >= 4 is 21.5 Å². The van der Waals surface area contributed by atoms with E-state index in [2.05, 4.69) is 140 Å². The monoisotopic (exact) mass is 828 g/mol. The predicted octanol–water partition coefficient (Wildman–Crippen LogP) is 4.38. The van der Waals surface area contributed by atoms with E-state index in [4.69, 9.17) is 0 Å². The van der Waals surface area contributed by atoms with Gasteiger partial charge in [0, 0.05) is 21.9 Å². The Bertz CT molecular complexity index is 2150. The van der Waals surface area contributed by atoms with Crippen LogP contribution in [0.2, 0.25) is 0 Å². The molecule has 0 saturated heterocycles. The molecule has 2 aromatic heterocycles. The maximum absolute atomic E-state index is 12.1. The quantitative estimate of drug-likeness (QED) is 0.272. The molecule has 0 radical (unpaired) electrons. The molecule has 6 rings (SSSR count). The fraction of sp³-hybridized carbons (Fsp3) is 0.364. The van der Waals surface area contributed by atoms with Crippen LogP contribution in [0, 0.1) is 0 Å². The fourth-order valence-corrected chi connectivity index (χ4v) is 6.32. The van der Waals surface area contributed by atoms with E-state index in [1.54, 1.807) is 0 Å². The topological polar surface area (TPSA) is 91.5 Å². The van der Waals surface area contributed by atoms with Gasteiger partial charge in [0.15, 0.2) is 0 Å². The molecule has 0 atom stereocenters. The third-order valence-corrected chi connectivity index (χ3v) is 9.29. The first kappa shape index (κ1) is 45.8. The second-order valence-electron chi connectivity index (χ2n) is 17.4. The number of fused-ring (bicyclic) bond motifs is 2. The molecule has 2 heterocycles. The number of hydrogen-bond acceptors (Lipinski definition) is 4. The molecule has 0 unspecified atom stereocenters. The minimum Gasteiger partial charge on any atom is -1.00 e. The van der Waals surface area contributed by atoms with Crippen molar-refractivity contribution in [2.24, 2.45) is 0 Å². The number of aromatic amines is 2. The Labute approximate surface area is 346 Å². The average Bonchev–Trinajstić information content (AvgIpc) is 3.04. The number of nitrogens with zero attached hydrogens (tertiary/aromatic N) is 2. The van der Waals surface area contributed by atoms with E-state index in [1.807, 2.05) is 48.5 Å². The summed E-state index contributed by atoms with van der Waals surface area (Å²) in [4.78, 5) is 24.2.